The van der Waals surface area contributed by atoms with Gasteiger partial charge in [0.1, 0.15) is 18.4 Å². The minimum absolute atomic E-state index is 0.00741. The summed E-state index contributed by atoms with van der Waals surface area (Å²) in [6, 6.07) is 25.2. The third-order valence-corrected chi connectivity index (χ3v) is 10.8. The van der Waals surface area contributed by atoms with E-state index in [2.05, 4.69) is 5.32 Å². The van der Waals surface area contributed by atoms with Crippen molar-refractivity contribution in [1.82, 2.24) is 10.2 Å². The van der Waals surface area contributed by atoms with E-state index < -0.39 is 34.3 Å². The monoisotopic (exact) mass is 701 g/mol. The summed E-state index contributed by atoms with van der Waals surface area (Å²) in [4.78, 5) is 30.3. The first-order valence-electron chi connectivity index (χ1n) is 16.8. The highest BCUT2D eigenvalue weighted by Crippen LogP contribution is 2.32. The number of carbonyl (C=O) groups is 2. The third kappa shape index (κ3) is 9.01. The Kier molecular flexibility index (Phi) is 12.1. The molecule has 0 radical (unpaired) electrons. The number of sulfonamides is 1. The third-order valence-electron chi connectivity index (χ3n) is 9.03. The summed E-state index contributed by atoms with van der Waals surface area (Å²) in [5.41, 5.74) is 2.75. The SMILES string of the molecule is COc1ccc(S(=O)(=O)N(CC(=O)N(Cc2ccc(C)cc2)[C@H](Cc2ccccc2)C(=O)NC2CCCCC2)c2ccc(F)cc2)cc1OC. The molecule has 0 heterocycles. The van der Waals surface area contributed by atoms with E-state index in [1.165, 1.54) is 49.5 Å². The van der Waals surface area contributed by atoms with Gasteiger partial charge in [-0.2, -0.15) is 0 Å². The Morgan fingerprint density at radius 1 is 0.840 bits per heavy atom. The molecule has 1 N–H and O–H groups in total. The molecule has 1 atom stereocenters. The zero-order chi connectivity index (χ0) is 35.7. The topological polar surface area (TPSA) is 105 Å². The predicted molar refractivity (Wildman–Crippen MR) is 191 cm³/mol. The van der Waals surface area contributed by atoms with Crippen LogP contribution in [0.25, 0.3) is 0 Å². The lowest BCUT2D eigenvalue weighted by molar-refractivity contribution is -0.140. The predicted octanol–water partition coefficient (Wildman–Crippen LogP) is 6.44. The number of hydrogen-bond donors (Lipinski definition) is 1. The van der Waals surface area contributed by atoms with Gasteiger partial charge < -0.3 is 19.7 Å². The van der Waals surface area contributed by atoms with Gasteiger partial charge in [-0.1, -0.05) is 79.4 Å². The summed E-state index contributed by atoms with van der Waals surface area (Å²) in [6.07, 6.45) is 5.08. The second-order valence-electron chi connectivity index (χ2n) is 12.6. The maximum atomic E-state index is 14.7. The number of aryl methyl sites for hydroxylation is 1. The van der Waals surface area contributed by atoms with Crippen LogP contribution in [0.3, 0.4) is 0 Å². The number of carbonyl (C=O) groups excluding carboxylic acids is 2. The van der Waals surface area contributed by atoms with Gasteiger partial charge in [0, 0.05) is 25.1 Å². The fourth-order valence-corrected chi connectivity index (χ4v) is 7.66. The molecule has 9 nitrogen and oxygen atoms in total. The van der Waals surface area contributed by atoms with E-state index in [4.69, 9.17) is 9.47 Å². The van der Waals surface area contributed by atoms with Crippen molar-refractivity contribution >= 4 is 27.5 Å². The number of nitrogens with one attached hydrogen (secondary N) is 1. The highest BCUT2D eigenvalue weighted by Gasteiger charge is 2.35. The van der Waals surface area contributed by atoms with E-state index in [9.17, 15) is 22.4 Å². The molecule has 1 fully saturated rings. The Labute approximate surface area is 294 Å². The molecule has 2 amide bonds. The van der Waals surface area contributed by atoms with Crippen molar-refractivity contribution in [3.05, 3.63) is 120 Å². The Hall–Kier alpha value is -4.90. The van der Waals surface area contributed by atoms with Crippen LogP contribution < -0.4 is 19.1 Å². The average Bonchev–Trinajstić information content (AvgIpc) is 3.13. The second kappa shape index (κ2) is 16.7. The number of anilines is 1. The van der Waals surface area contributed by atoms with Crippen LogP contribution in [-0.4, -0.2) is 58.0 Å². The first kappa shape index (κ1) is 36.4. The van der Waals surface area contributed by atoms with Crippen molar-refractivity contribution in [2.24, 2.45) is 0 Å². The summed E-state index contributed by atoms with van der Waals surface area (Å²) in [6.45, 7) is 1.36. The molecular weight excluding hydrogens is 658 g/mol. The van der Waals surface area contributed by atoms with Gasteiger partial charge in [-0.15, -0.1) is 0 Å². The van der Waals surface area contributed by atoms with Gasteiger partial charge in [-0.05, 0) is 67.3 Å². The molecule has 264 valence electrons. The lowest BCUT2D eigenvalue weighted by Crippen LogP contribution is -2.55. The van der Waals surface area contributed by atoms with Crippen LogP contribution in [0.1, 0.15) is 48.8 Å². The van der Waals surface area contributed by atoms with Crippen molar-refractivity contribution < 1.29 is 31.9 Å². The number of hydrogen-bond acceptors (Lipinski definition) is 6. The van der Waals surface area contributed by atoms with Gasteiger partial charge in [0.2, 0.25) is 11.8 Å². The summed E-state index contributed by atoms with van der Waals surface area (Å²) in [5.74, 6) is -0.946. The van der Waals surface area contributed by atoms with Crippen LogP contribution in [-0.2, 0) is 32.6 Å². The van der Waals surface area contributed by atoms with Crippen LogP contribution in [0.15, 0.2) is 102 Å². The van der Waals surface area contributed by atoms with E-state index in [1.54, 1.807) is 0 Å². The molecule has 0 aromatic heterocycles. The number of benzene rings is 4. The largest absolute Gasteiger partial charge is 0.493 e. The van der Waals surface area contributed by atoms with Crippen molar-refractivity contribution in [3.63, 3.8) is 0 Å². The van der Waals surface area contributed by atoms with Gasteiger partial charge in [0.05, 0.1) is 24.8 Å². The number of amides is 2. The zero-order valence-electron chi connectivity index (χ0n) is 28.7. The number of methoxy groups -OCH3 is 2. The summed E-state index contributed by atoms with van der Waals surface area (Å²) in [7, 11) is -1.60. The molecule has 0 aliphatic heterocycles. The Bertz CT molecular complexity index is 1850. The van der Waals surface area contributed by atoms with Crippen LogP contribution in [0.4, 0.5) is 10.1 Å². The quantitative estimate of drug-likeness (QED) is 0.162. The van der Waals surface area contributed by atoms with Crippen molar-refractivity contribution in [2.45, 2.75) is 69.0 Å². The molecule has 0 saturated heterocycles. The van der Waals surface area contributed by atoms with E-state index >= 15 is 0 Å². The molecule has 1 aliphatic carbocycles. The first-order valence-corrected chi connectivity index (χ1v) is 18.2. The lowest BCUT2D eigenvalue weighted by Gasteiger charge is -2.35. The van der Waals surface area contributed by atoms with Crippen molar-refractivity contribution in [3.8, 4) is 11.5 Å². The van der Waals surface area contributed by atoms with Crippen LogP contribution in [0.5, 0.6) is 11.5 Å². The molecule has 4 aromatic rings. The smallest absolute Gasteiger partial charge is 0.264 e. The molecule has 1 aliphatic rings. The minimum Gasteiger partial charge on any atom is -0.493 e. The fraction of sp³-hybridized carbons (Fsp3) is 0.333. The number of ether oxygens (including phenoxy) is 2. The number of halogens is 1. The normalized spacial score (nSPS) is 14.0. The van der Waals surface area contributed by atoms with E-state index in [0.29, 0.717) is 5.75 Å². The average molecular weight is 702 g/mol. The summed E-state index contributed by atoms with van der Waals surface area (Å²) >= 11 is 0. The second-order valence-corrected chi connectivity index (χ2v) is 14.4. The number of rotatable bonds is 14. The first-order chi connectivity index (χ1) is 24.1. The molecule has 0 unspecified atom stereocenters. The highest BCUT2D eigenvalue weighted by atomic mass is 32.2. The molecule has 0 spiro atoms. The van der Waals surface area contributed by atoms with E-state index in [-0.39, 0.29) is 41.2 Å². The maximum Gasteiger partial charge on any atom is 0.264 e. The van der Waals surface area contributed by atoms with E-state index in [0.717, 1.165) is 65.2 Å². The molecule has 4 aromatic carbocycles. The molecule has 1 saturated carbocycles. The van der Waals surface area contributed by atoms with Gasteiger partial charge in [-0.25, -0.2) is 12.8 Å². The molecule has 11 heteroatoms. The van der Waals surface area contributed by atoms with Gasteiger partial charge in [-0.3, -0.25) is 13.9 Å². The molecule has 50 heavy (non-hydrogen) atoms. The Balaban J connectivity index is 1.57. The highest BCUT2D eigenvalue weighted by molar-refractivity contribution is 7.92. The summed E-state index contributed by atoms with van der Waals surface area (Å²) in [5, 5.41) is 3.21. The molecular formula is C39H44FN3O6S. The number of nitrogens with zero attached hydrogens (tertiary/aromatic N) is 2. The van der Waals surface area contributed by atoms with Gasteiger partial charge in [0.15, 0.2) is 11.5 Å². The van der Waals surface area contributed by atoms with Crippen molar-refractivity contribution in [1.29, 1.82) is 0 Å². The molecule has 5 rings (SSSR count). The zero-order valence-corrected chi connectivity index (χ0v) is 29.5. The van der Waals surface area contributed by atoms with Crippen LogP contribution in [0.2, 0.25) is 0 Å². The Morgan fingerprint density at radius 2 is 1.50 bits per heavy atom. The lowest BCUT2D eigenvalue weighted by atomic mass is 9.94. The minimum atomic E-state index is -4.43. The van der Waals surface area contributed by atoms with Crippen LogP contribution in [0, 0.1) is 12.7 Å². The summed E-state index contributed by atoms with van der Waals surface area (Å²) < 4.78 is 54.5. The van der Waals surface area contributed by atoms with Gasteiger partial charge >= 0.3 is 0 Å². The van der Waals surface area contributed by atoms with Crippen LogP contribution >= 0.6 is 0 Å². The van der Waals surface area contributed by atoms with Gasteiger partial charge in [0.25, 0.3) is 10.0 Å². The fourth-order valence-electron chi connectivity index (χ4n) is 6.23. The van der Waals surface area contributed by atoms with Crippen molar-refractivity contribution in [2.75, 3.05) is 25.1 Å². The maximum absolute atomic E-state index is 14.7. The Morgan fingerprint density at radius 3 is 2.14 bits per heavy atom. The molecule has 0 bridgehead atoms. The van der Waals surface area contributed by atoms with E-state index in [1.807, 2.05) is 61.5 Å². The standard InChI is InChI=1S/C39H44FN3O6S/c1-28-14-16-30(17-15-28)26-42(35(24-29-10-6-4-7-11-29)39(45)41-32-12-8-5-9-13-32)38(44)27-43(33-20-18-31(40)19-21-33)50(46,47)34-22-23-36(48-2)37(25-34)49-3/h4,6-7,10-11,14-23,25,32,35H,5,8-9,12-13,24,26-27H2,1-3H3,(H,41,45)/t35-/m1/s1.